The normalized spacial score (nSPS) is 29.8. The van der Waals surface area contributed by atoms with Gasteiger partial charge in [-0.25, -0.2) is 0 Å². The number of aryl methyl sites for hydroxylation is 1. The highest BCUT2D eigenvalue weighted by Gasteiger charge is 2.50. The molecule has 2 aliphatic rings. The van der Waals surface area contributed by atoms with E-state index in [0.717, 1.165) is 5.56 Å². The summed E-state index contributed by atoms with van der Waals surface area (Å²) in [6.07, 6.45) is 4.75. The fourth-order valence-electron chi connectivity index (χ4n) is 3.17. The van der Waals surface area contributed by atoms with Crippen LogP contribution in [-0.2, 0) is 9.59 Å². The van der Waals surface area contributed by atoms with Gasteiger partial charge in [0, 0.05) is 0 Å². The molecular formula is C16H17NO2. The molecule has 1 aliphatic carbocycles. The number of carbonyl (C=O) groups excluding carboxylic acids is 2. The molecule has 1 fully saturated rings. The predicted molar refractivity (Wildman–Crippen MR) is 73.6 cm³/mol. The van der Waals surface area contributed by atoms with Crippen LogP contribution in [0.5, 0.6) is 0 Å². The van der Waals surface area contributed by atoms with E-state index in [9.17, 15) is 9.59 Å². The van der Waals surface area contributed by atoms with Crippen LogP contribution in [0.25, 0.3) is 0 Å². The van der Waals surface area contributed by atoms with Crippen molar-refractivity contribution in [3.05, 3.63) is 42.0 Å². The Kier molecular flexibility index (Phi) is 2.77. The lowest BCUT2D eigenvalue weighted by Gasteiger charge is -2.22. The van der Waals surface area contributed by atoms with E-state index < -0.39 is 0 Å². The zero-order chi connectivity index (χ0) is 13.6. The zero-order valence-corrected chi connectivity index (χ0v) is 11.2. The number of amides is 2. The van der Waals surface area contributed by atoms with Crippen molar-refractivity contribution in [2.45, 2.75) is 20.3 Å². The Morgan fingerprint density at radius 2 is 2.00 bits per heavy atom. The van der Waals surface area contributed by atoms with Crippen molar-refractivity contribution in [3.8, 4) is 0 Å². The largest absolute Gasteiger partial charge is 0.274 e. The van der Waals surface area contributed by atoms with Gasteiger partial charge in [0.15, 0.2) is 0 Å². The number of fused-ring (bicyclic) bond motifs is 1. The van der Waals surface area contributed by atoms with E-state index in [4.69, 9.17) is 0 Å². The molecule has 1 aliphatic heterocycles. The lowest BCUT2D eigenvalue weighted by atomic mass is 9.78. The second-order valence-electron chi connectivity index (χ2n) is 5.51. The number of anilines is 1. The van der Waals surface area contributed by atoms with Gasteiger partial charge in [-0.2, -0.15) is 0 Å². The minimum absolute atomic E-state index is 0.0440. The topological polar surface area (TPSA) is 37.4 Å². The Morgan fingerprint density at radius 1 is 1.21 bits per heavy atom. The number of rotatable bonds is 1. The first-order chi connectivity index (χ1) is 9.09. The number of nitrogens with zero attached hydrogens (tertiary/aromatic N) is 1. The second-order valence-corrected chi connectivity index (χ2v) is 5.51. The fourth-order valence-corrected chi connectivity index (χ4v) is 3.17. The predicted octanol–water partition coefficient (Wildman–Crippen LogP) is 2.70. The van der Waals surface area contributed by atoms with Gasteiger partial charge in [-0.15, -0.1) is 0 Å². The highest BCUT2D eigenvalue weighted by Crippen LogP contribution is 2.40. The van der Waals surface area contributed by atoms with Crippen molar-refractivity contribution in [2.75, 3.05) is 4.90 Å². The summed E-state index contributed by atoms with van der Waals surface area (Å²) in [6, 6.07) is 7.57. The molecule has 0 aromatic heterocycles. The number of benzene rings is 1. The van der Waals surface area contributed by atoms with Gasteiger partial charge in [0.2, 0.25) is 11.8 Å². The van der Waals surface area contributed by atoms with E-state index in [0.29, 0.717) is 12.1 Å². The summed E-state index contributed by atoms with van der Waals surface area (Å²) in [7, 11) is 0. The first-order valence-corrected chi connectivity index (χ1v) is 6.70. The van der Waals surface area contributed by atoms with Crippen LogP contribution in [0.4, 0.5) is 5.69 Å². The third-order valence-corrected chi connectivity index (χ3v) is 4.13. The van der Waals surface area contributed by atoms with Gasteiger partial charge in [-0.3, -0.25) is 14.5 Å². The SMILES string of the molecule is Cc1cccc(N2C(=O)[C@H]3[C@@H](C)C=CC[C@H]3C2=O)c1. The van der Waals surface area contributed by atoms with Gasteiger partial charge >= 0.3 is 0 Å². The summed E-state index contributed by atoms with van der Waals surface area (Å²) in [5.41, 5.74) is 1.76. The molecule has 0 N–H and O–H groups in total. The van der Waals surface area contributed by atoms with Gasteiger partial charge in [0.05, 0.1) is 17.5 Å². The molecule has 3 nitrogen and oxygen atoms in total. The first kappa shape index (κ1) is 12.2. The second kappa shape index (κ2) is 4.34. The van der Waals surface area contributed by atoms with Gasteiger partial charge in [-0.1, -0.05) is 31.2 Å². The van der Waals surface area contributed by atoms with Gasteiger partial charge in [-0.05, 0) is 37.0 Å². The van der Waals surface area contributed by atoms with E-state index in [1.807, 2.05) is 50.3 Å². The highest BCUT2D eigenvalue weighted by molar-refractivity contribution is 6.22. The van der Waals surface area contributed by atoms with Crippen molar-refractivity contribution in [1.29, 1.82) is 0 Å². The average molecular weight is 255 g/mol. The maximum Gasteiger partial charge on any atom is 0.238 e. The molecule has 0 saturated carbocycles. The van der Waals surface area contributed by atoms with Crippen LogP contribution in [0.1, 0.15) is 18.9 Å². The van der Waals surface area contributed by atoms with Crippen LogP contribution >= 0.6 is 0 Å². The van der Waals surface area contributed by atoms with Gasteiger partial charge in [0.1, 0.15) is 0 Å². The molecule has 3 atom stereocenters. The average Bonchev–Trinajstić information content (AvgIpc) is 2.63. The van der Waals surface area contributed by atoms with Crippen molar-refractivity contribution < 1.29 is 9.59 Å². The maximum atomic E-state index is 12.5. The number of allylic oxidation sites excluding steroid dienone is 2. The van der Waals surface area contributed by atoms with Crippen LogP contribution in [0.3, 0.4) is 0 Å². The van der Waals surface area contributed by atoms with Crippen LogP contribution < -0.4 is 4.90 Å². The molecule has 1 aromatic rings. The summed E-state index contributed by atoms with van der Waals surface area (Å²) in [5, 5.41) is 0. The van der Waals surface area contributed by atoms with Crippen LogP contribution in [0.2, 0.25) is 0 Å². The first-order valence-electron chi connectivity index (χ1n) is 6.70. The Morgan fingerprint density at radius 3 is 2.68 bits per heavy atom. The molecule has 1 aromatic carbocycles. The summed E-state index contributed by atoms with van der Waals surface area (Å²) in [6.45, 7) is 3.98. The molecular weight excluding hydrogens is 238 g/mol. The molecule has 2 amide bonds. The minimum Gasteiger partial charge on any atom is -0.274 e. The molecule has 0 bridgehead atoms. The Balaban J connectivity index is 2.01. The zero-order valence-electron chi connectivity index (χ0n) is 11.2. The molecule has 1 heterocycles. The van der Waals surface area contributed by atoms with Crippen LogP contribution in [-0.4, -0.2) is 11.8 Å². The lowest BCUT2D eigenvalue weighted by Crippen LogP contribution is -2.31. The molecule has 3 heteroatoms. The maximum absolute atomic E-state index is 12.5. The van der Waals surface area contributed by atoms with E-state index in [1.165, 1.54) is 4.90 Å². The Labute approximate surface area is 112 Å². The summed E-state index contributed by atoms with van der Waals surface area (Å²) in [4.78, 5) is 26.4. The standard InChI is InChI=1S/C16H17NO2/c1-10-5-3-7-12(9-10)17-15(18)13-8-4-6-11(2)14(13)16(17)19/h3-7,9,11,13-14H,8H2,1-2H3/t11-,13+,14-/m0/s1. The van der Waals surface area contributed by atoms with Crippen molar-refractivity contribution in [3.63, 3.8) is 0 Å². The Hall–Kier alpha value is -1.90. The third kappa shape index (κ3) is 1.81. The van der Waals surface area contributed by atoms with Crippen molar-refractivity contribution >= 4 is 17.5 Å². The number of imide groups is 1. The lowest BCUT2D eigenvalue weighted by molar-refractivity contribution is -0.122. The fraction of sp³-hybridized carbons (Fsp3) is 0.375. The molecule has 1 saturated heterocycles. The van der Waals surface area contributed by atoms with Crippen molar-refractivity contribution in [1.82, 2.24) is 0 Å². The quantitative estimate of drug-likeness (QED) is 0.571. The number of hydrogen-bond donors (Lipinski definition) is 0. The van der Waals surface area contributed by atoms with Crippen LogP contribution in [0, 0.1) is 24.7 Å². The highest BCUT2D eigenvalue weighted by atomic mass is 16.2. The van der Waals surface area contributed by atoms with E-state index >= 15 is 0 Å². The van der Waals surface area contributed by atoms with E-state index in [2.05, 4.69) is 0 Å². The summed E-state index contributed by atoms with van der Waals surface area (Å²) >= 11 is 0. The van der Waals surface area contributed by atoms with E-state index in [-0.39, 0.29) is 29.6 Å². The molecule has 19 heavy (non-hydrogen) atoms. The number of hydrogen-bond acceptors (Lipinski definition) is 2. The van der Waals surface area contributed by atoms with Gasteiger partial charge < -0.3 is 0 Å². The third-order valence-electron chi connectivity index (χ3n) is 4.13. The number of carbonyl (C=O) groups is 2. The van der Waals surface area contributed by atoms with Gasteiger partial charge in [0.25, 0.3) is 0 Å². The summed E-state index contributed by atoms with van der Waals surface area (Å²) < 4.78 is 0. The van der Waals surface area contributed by atoms with Crippen LogP contribution in [0.15, 0.2) is 36.4 Å². The Bertz CT molecular complexity index is 576. The molecule has 0 unspecified atom stereocenters. The summed E-state index contributed by atoms with van der Waals surface area (Å²) in [5.74, 6) is -0.301. The molecule has 0 radical (unpaired) electrons. The monoisotopic (exact) mass is 255 g/mol. The minimum atomic E-state index is -0.182. The van der Waals surface area contributed by atoms with E-state index in [1.54, 1.807) is 0 Å². The molecule has 3 rings (SSSR count). The smallest absolute Gasteiger partial charge is 0.238 e. The molecule has 98 valence electrons. The van der Waals surface area contributed by atoms with Crippen molar-refractivity contribution in [2.24, 2.45) is 17.8 Å². The molecule has 0 spiro atoms.